The molecule has 21 heavy (non-hydrogen) atoms. The van der Waals surface area contributed by atoms with Gasteiger partial charge in [-0.15, -0.1) is 0 Å². The van der Waals surface area contributed by atoms with Crippen molar-refractivity contribution in [3.05, 3.63) is 57.6 Å². The van der Waals surface area contributed by atoms with Crippen LogP contribution in [0.25, 0.3) is 0 Å². The maximum absolute atomic E-state index is 5.55. The average Bonchev–Trinajstić information content (AvgIpc) is 2.99. The molecular formula is C18H22N2S. The highest BCUT2D eigenvalue weighted by molar-refractivity contribution is 7.71. The van der Waals surface area contributed by atoms with E-state index >= 15 is 0 Å². The second-order valence-corrected chi connectivity index (χ2v) is 6.24. The molecule has 1 aromatic carbocycles. The fraction of sp³-hybridized carbons (Fsp3) is 0.444. The van der Waals surface area contributed by atoms with E-state index in [4.69, 9.17) is 17.2 Å². The molecule has 0 unspecified atom stereocenters. The van der Waals surface area contributed by atoms with E-state index in [9.17, 15) is 0 Å². The van der Waals surface area contributed by atoms with Crippen LogP contribution < -0.4 is 0 Å². The van der Waals surface area contributed by atoms with Crippen LogP contribution in [0.5, 0.6) is 0 Å². The van der Waals surface area contributed by atoms with Crippen molar-refractivity contribution in [2.45, 2.75) is 51.4 Å². The summed E-state index contributed by atoms with van der Waals surface area (Å²) in [5.41, 5.74) is 3.84. The fourth-order valence-electron chi connectivity index (χ4n) is 3.57. The van der Waals surface area contributed by atoms with Gasteiger partial charge in [0.05, 0.1) is 5.41 Å². The number of aryl methyl sites for hydroxylation is 1. The minimum Gasteiger partial charge on any atom is -0.346 e. The Morgan fingerprint density at radius 2 is 1.86 bits per heavy atom. The number of nitrogens with zero attached hydrogens (tertiary/aromatic N) is 1. The van der Waals surface area contributed by atoms with Crippen molar-refractivity contribution in [2.75, 3.05) is 0 Å². The molecule has 110 valence electrons. The van der Waals surface area contributed by atoms with E-state index in [2.05, 4.69) is 49.2 Å². The Morgan fingerprint density at radius 1 is 1.14 bits per heavy atom. The van der Waals surface area contributed by atoms with Gasteiger partial charge in [-0.2, -0.15) is 0 Å². The Bertz CT molecular complexity index is 684. The zero-order valence-corrected chi connectivity index (χ0v) is 13.6. The van der Waals surface area contributed by atoms with Gasteiger partial charge in [0.15, 0.2) is 0 Å². The first-order chi connectivity index (χ1) is 10.2. The molecule has 1 heterocycles. The van der Waals surface area contributed by atoms with E-state index in [1.807, 2.05) is 0 Å². The normalized spacial score (nSPS) is 14.2. The lowest BCUT2D eigenvalue weighted by molar-refractivity contribution is 0.446. The Kier molecular flexibility index (Phi) is 3.94. The van der Waals surface area contributed by atoms with Gasteiger partial charge in [0, 0.05) is 11.3 Å². The van der Waals surface area contributed by atoms with Crippen LogP contribution in [-0.4, -0.2) is 9.97 Å². The monoisotopic (exact) mass is 298 g/mol. The van der Waals surface area contributed by atoms with Gasteiger partial charge < -0.3 is 4.98 Å². The van der Waals surface area contributed by atoms with Gasteiger partial charge in [-0.1, -0.05) is 56.4 Å². The van der Waals surface area contributed by atoms with Crippen LogP contribution in [0.3, 0.4) is 0 Å². The number of rotatable bonds is 4. The fourth-order valence-corrected chi connectivity index (χ4v) is 3.89. The molecule has 2 aromatic rings. The second-order valence-electron chi connectivity index (χ2n) is 5.86. The number of aromatic amines is 1. The van der Waals surface area contributed by atoms with Gasteiger partial charge in [0.25, 0.3) is 0 Å². The van der Waals surface area contributed by atoms with Crippen molar-refractivity contribution in [3.8, 4) is 0 Å². The van der Waals surface area contributed by atoms with Crippen LogP contribution in [-0.2, 0) is 18.3 Å². The predicted molar refractivity (Wildman–Crippen MR) is 89.3 cm³/mol. The van der Waals surface area contributed by atoms with Crippen LogP contribution >= 0.6 is 12.2 Å². The van der Waals surface area contributed by atoms with Crippen molar-refractivity contribution < 1.29 is 0 Å². The lowest BCUT2D eigenvalue weighted by atomic mass is 9.75. The van der Waals surface area contributed by atoms with E-state index in [1.165, 1.54) is 23.2 Å². The lowest BCUT2D eigenvalue weighted by Gasteiger charge is -2.32. The molecule has 3 heteroatoms. The average molecular weight is 298 g/mol. The molecule has 1 aliphatic carbocycles. The van der Waals surface area contributed by atoms with E-state index < -0.39 is 0 Å². The highest BCUT2D eigenvalue weighted by atomic mass is 32.1. The number of aromatic nitrogens is 2. The molecule has 0 fully saturated rings. The SMILES string of the molecule is CCC(CC)(c1ccccc1)c1nc(=S)c2c([nH]1)CCC2. The Labute approximate surface area is 131 Å². The van der Waals surface area contributed by atoms with E-state index in [-0.39, 0.29) is 5.41 Å². The van der Waals surface area contributed by atoms with Crippen molar-refractivity contribution in [1.29, 1.82) is 0 Å². The van der Waals surface area contributed by atoms with Crippen LogP contribution in [0.4, 0.5) is 0 Å². The smallest absolute Gasteiger partial charge is 0.133 e. The molecule has 0 radical (unpaired) electrons. The van der Waals surface area contributed by atoms with E-state index in [0.29, 0.717) is 0 Å². The molecule has 0 saturated carbocycles. The number of benzene rings is 1. The van der Waals surface area contributed by atoms with E-state index in [1.54, 1.807) is 0 Å². The number of hydrogen-bond acceptors (Lipinski definition) is 2. The quantitative estimate of drug-likeness (QED) is 0.826. The second kappa shape index (κ2) is 5.72. The van der Waals surface area contributed by atoms with Gasteiger partial charge in [-0.3, -0.25) is 0 Å². The zero-order chi connectivity index (χ0) is 14.9. The molecule has 0 bridgehead atoms. The van der Waals surface area contributed by atoms with Gasteiger partial charge in [-0.25, -0.2) is 4.98 Å². The molecule has 0 saturated heterocycles. The van der Waals surface area contributed by atoms with Gasteiger partial charge in [-0.05, 0) is 37.7 Å². The zero-order valence-electron chi connectivity index (χ0n) is 12.8. The predicted octanol–water partition coefficient (Wildman–Crippen LogP) is 4.73. The Hall–Kier alpha value is -1.48. The van der Waals surface area contributed by atoms with Gasteiger partial charge >= 0.3 is 0 Å². The van der Waals surface area contributed by atoms with Gasteiger partial charge in [0.2, 0.25) is 0 Å². The lowest BCUT2D eigenvalue weighted by Crippen LogP contribution is -2.29. The van der Waals surface area contributed by atoms with Crippen molar-refractivity contribution in [2.24, 2.45) is 0 Å². The summed E-state index contributed by atoms with van der Waals surface area (Å²) in [6.07, 6.45) is 5.41. The molecule has 0 aliphatic heterocycles. The van der Waals surface area contributed by atoms with Crippen molar-refractivity contribution in [1.82, 2.24) is 9.97 Å². The van der Waals surface area contributed by atoms with Gasteiger partial charge in [0.1, 0.15) is 10.5 Å². The molecular weight excluding hydrogens is 276 g/mol. The van der Waals surface area contributed by atoms with Crippen LogP contribution in [0.1, 0.15) is 55.8 Å². The van der Waals surface area contributed by atoms with Crippen LogP contribution in [0.15, 0.2) is 30.3 Å². The van der Waals surface area contributed by atoms with E-state index in [0.717, 1.165) is 36.1 Å². The molecule has 3 rings (SSSR count). The summed E-state index contributed by atoms with van der Waals surface area (Å²) in [5, 5.41) is 0. The summed E-state index contributed by atoms with van der Waals surface area (Å²) in [7, 11) is 0. The molecule has 0 amide bonds. The third kappa shape index (κ3) is 2.34. The third-order valence-electron chi connectivity index (χ3n) is 4.95. The maximum Gasteiger partial charge on any atom is 0.133 e. The first kappa shape index (κ1) is 14.5. The summed E-state index contributed by atoms with van der Waals surface area (Å²) in [5.74, 6) is 1.05. The standard InChI is InChI=1S/C18H22N2S/c1-3-18(4-2,13-9-6-5-7-10-13)17-19-15-12-8-11-14(15)16(21)20-17/h5-7,9-10H,3-4,8,11-12H2,1-2H3,(H,19,20,21). The van der Waals surface area contributed by atoms with Crippen LogP contribution in [0, 0.1) is 4.64 Å². The number of H-pyrrole nitrogens is 1. The summed E-state index contributed by atoms with van der Waals surface area (Å²) in [4.78, 5) is 8.42. The molecule has 1 aromatic heterocycles. The van der Waals surface area contributed by atoms with Crippen molar-refractivity contribution in [3.63, 3.8) is 0 Å². The third-order valence-corrected chi connectivity index (χ3v) is 5.28. The molecule has 2 nitrogen and oxygen atoms in total. The number of nitrogens with one attached hydrogen (secondary N) is 1. The van der Waals surface area contributed by atoms with Crippen molar-refractivity contribution >= 4 is 12.2 Å². The summed E-state index contributed by atoms with van der Waals surface area (Å²) in [6, 6.07) is 10.7. The highest BCUT2D eigenvalue weighted by Gasteiger charge is 2.34. The summed E-state index contributed by atoms with van der Waals surface area (Å²) >= 11 is 5.55. The maximum atomic E-state index is 5.55. The Balaban J connectivity index is 2.19. The minimum atomic E-state index is -0.0631. The highest BCUT2D eigenvalue weighted by Crippen LogP contribution is 2.37. The minimum absolute atomic E-state index is 0.0631. The Morgan fingerprint density at radius 3 is 2.52 bits per heavy atom. The first-order valence-electron chi connectivity index (χ1n) is 7.89. The molecule has 1 aliphatic rings. The number of fused-ring (bicyclic) bond motifs is 1. The topological polar surface area (TPSA) is 28.7 Å². The summed E-state index contributed by atoms with van der Waals surface area (Å²) in [6.45, 7) is 4.48. The first-order valence-corrected chi connectivity index (χ1v) is 8.30. The van der Waals surface area contributed by atoms with Crippen LogP contribution in [0.2, 0.25) is 0 Å². The molecule has 1 N–H and O–H groups in total. The number of hydrogen-bond donors (Lipinski definition) is 1. The molecule has 0 atom stereocenters. The molecule has 0 spiro atoms. The summed E-state index contributed by atoms with van der Waals surface area (Å²) < 4.78 is 0.804. The largest absolute Gasteiger partial charge is 0.346 e.